The van der Waals surface area contributed by atoms with Crippen molar-refractivity contribution in [2.45, 2.75) is 59.1 Å². The Labute approximate surface area is 180 Å². The molecule has 3 aromatic rings. The highest BCUT2D eigenvalue weighted by Gasteiger charge is 2.22. The molecule has 4 rings (SSSR count). The topological polar surface area (TPSA) is 21.1 Å². The monoisotopic (exact) mass is 407 g/mol. The maximum Gasteiger partial charge on any atom is 0.147 e. The molecule has 3 heterocycles. The first-order chi connectivity index (χ1) is 13.9. The average Bonchev–Trinajstić information content (AvgIpc) is 3.03. The van der Waals surface area contributed by atoms with E-state index in [9.17, 15) is 0 Å². The van der Waals surface area contributed by atoms with Crippen molar-refractivity contribution in [1.29, 1.82) is 0 Å². The molecular weight excluding hydrogens is 374 g/mol. The van der Waals surface area contributed by atoms with Gasteiger partial charge in [0.1, 0.15) is 5.65 Å². The van der Waals surface area contributed by atoms with E-state index < -0.39 is 0 Å². The second kappa shape index (κ2) is 8.06. The Bertz CT molecular complexity index is 1030. The van der Waals surface area contributed by atoms with Crippen molar-refractivity contribution < 1.29 is 0 Å². The van der Waals surface area contributed by atoms with Crippen molar-refractivity contribution in [2.75, 3.05) is 18.0 Å². The quantitative estimate of drug-likeness (QED) is 0.503. The summed E-state index contributed by atoms with van der Waals surface area (Å²) in [6, 6.07) is 9.07. The Morgan fingerprint density at radius 3 is 2.48 bits per heavy atom. The molecule has 29 heavy (non-hydrogen) atoms. The van der Waals surface area contributed by atoms with Crippen molar-refractivity contribution in [3.63, 3.8) is 0 Å². The number of fused-ring (bicyclic) bond motifs is 1. The van der Waals surface area contributed by atoms with Gasteiger partial charge in [-0.2, -0.15) is 12.6 Å². The molecule has 4 heteroatoms. The Balaban J connectivity index is 1.88. The van der Waals surface area contributed by atoms with Crippen molar-refractivity contribution >= 4 is 29.3 Å². The summed E-state index contributed by atoms with van der Waals surface area (Å²) in [5, 5.41) is 1.29. The predicted molar refractivity (Wildman–Crippen MR) is 128 cm³/mol. The first-order valence-electron chi connectivity index (χ1n) is 10.9. The molecule has 0 atom stereocenters. The molecule has 0 spiro atoms. The minimum absolute atomic E-state index is 0.513. The van der Waals surface area contributed by atoms with Gasteiger partial charge in [-0.3, -0.25) is 0 Å². The van der Waals surface area contributed by atoms with E-state index in [4.69, 9.17) is 4.98 Å². The lowest BCUT2D eigenvalue weighted by Crippen LogP contribution is -2.33. The summed E-state index contributed by atoms with van der Waals surface area (Å²) in [6.45, 7) is 13.4. The molecule has 3 nitrogen and oxygen atoms in total. The van der Waals surface area contributed by atoms with Crippen LogP contribution in [0.2, 0.25) is 0 Å². The Morgan fingerprint density at radius 1 is 1.10 bits per heavy atom. The molecule has 1 fully saturated rings. The van der Waals surface area contributed by atoms with Gasteiger partial charge in [0.25, 0.3) is 0 Å². The zero-order valence-electron chi connectivity index (χ0n) is 18.4. The zero-order chi connectivity index (χ0) is 20.7. The van der Waals surface area contributed by atoms with E-state index in [0.29, 0.717) is 5.92 Å². The second-order valence-electron chi connectivity index (χ2n) is 9.03. The van der Waals surface area contributed by atoms with Crippen molar-refractivity contribution in [1.82, 2.24) is 9.55 Å². The lowest BCUT2D eigenvalue weighted by Gasteiger charge is -2.33. The Hall–Kier alpha value is -1.94. The van der Waals surface area contributed by atoms with E-state index in [1.54, 1.807) is 0 Å². The molecule has 1 aromatic carbocycles. The van der Waals surface area contributed by atoms with Gasteiger partial charge in [0.15, 0.2) is 0 Å². The predicted octanol–water partition coefficient (Wildman–Crippen LogP) is 6.43. The van der Waals surface area contributed by atoms with E-state index in [1.807, 2.05) is 0 Å². The molecule has 1 aliphatic heterocycles. The first kappa shape index (κ1) is 20.3. The van der Waals surface area contributed by atoms with Crippen LogP contribution in [0.5, 0.6) is 0 Å². The highest BCUT2D eigenvalue weighted by Crippen LogP contribution is 2.35. The van der Waals surface area contributed by atoms with Gasteiger partial charge in [-0.1, -0.05) is 32.9 Å². The second-order valence-corrected chi connectivity index (χ2v) is 9.35. The van der Waals surface area contributed by atoms with E-state index in [2.05, 4.69) is 87.2 Å². The lowest BCUT2D eigenvalue weighted by molar-refractivity contribution is 0.439. The number of piperidine rings is 1. The summed E-state index contributed by atoms with van der Waals surface area (Å²) in [6.07, 6.45) is 4.79. The van der Waals surface area contributed by atoms with E-state index in [-0.39, 0.29) is 0 Å². The van der Waals surface area contributed by atoms with Crippen LogP contribution in [-0.2, 0) is 5.75 Å². The maximum atomic E-state index is 4.99. The number of aromatic nitrogens is 2. The average molecular weight is 408 g/mol. The number of benzene rings is 1. The number of hydrogen-bond donors (Lipinski definition) is 1. The number of nitrogens with zero attached hydrogens (tertiary/aromatic N) is 3. The van der Waals surface area contributed by atoms with E-state index in [0.717, 1.165) is 36.1 Å². The number of pyridine rings is 1. The van der Waals surface area contributed by atoms with Gasteiger partial charge in [-0.05, 0) is 67.3 Å². The molecular formula is C25H33N3S. The highest BCUT2D eigenvalue weighted by atomic mass is 32.1. The van der Waals surface area contributed by atoms with Crippen LogP contribution >= 0.6 is 12.6 Å². The molecule has 0 saturated carbocycles. The van der Waals surface area contributed by atoms with E-state index >= 15 is 0 Å². The van der Waals surface area contributed by atoms with Crippen LogP contribution in [-0.4, -0.2) is 22.6 Å². The van der Waals surface area contributed by atoms with Crippen LogP contribution in [0.4, 0.5) is 5.69 Å². The fourth-order valence-electron chi connectivity index (χ4n) is 4.52. The maximum absolute atomic E-state index is 4.99. The van der Waals surface area contributed by atoms with Gasteiger partial charge in [-0.15, -0.1) is 0 Å². The Kier molecular flexibility index (Phi) is 5.65. The smallest absolute Gasteiger partial charge is 0.147 e. The van der Waals surface area contributed by atoms with Gasteiger partial charge in [0.05, 0.1) is 5.69 Å². The number of anilines is 1. The van der Waals surface area contributed by atoms with Crippen LogP contribution < -0.4 is 4.90 Å². The normalized spacial score (nSPS) is 15.6. The summed E-state index contributed by atoms with van der Waals surface area (Å²) in [7, 11) is 0. The SMILES string of the molecule is Cc1cc(N2CCC(C)CC2)c2c(C)cn(-c3ccc(C(C)C)cc3CS)c2n1. The first-order valence-corrected chi connectivity index (χ1v) is 11.5. The van der Waals surface area contributed by atoms with Crippen LogP contribution in [0.25, 0.3) is 16.7 Å². The molecule has 0 N–H and O–H groups in total. The van der Waals surface area contributed by atoms with Gasteiger partial charge < -0.3 is 9.47 Å². The van der Waals surface area contributed by atoms with Crippen molar-refractivity contribution in [2.24, 2.45) is 5.92 Å². The summed E-state index contributed by atoms with van der Waals surface area (Å²) in [4.78, 5) is 7.55. The molecule has 0 radical (unpaired) electrons. The summed E-state index contributed by atoms with van der Waals surface area (Å²) >= 11 is 4.64. The van der Waals surface area contributed by atoms with Gasteiger partial charge in [0.2, 0.25) is 0 Å². The minimum Gasteiger partial charge on any atom is -0.371 e. The van der Waals surface area contributed by atoms with Gasteiger partial charge in [-0.25, -0.2) is 4.98 Å². The largest absolute Gasteiger partial charge is 0.371 e. The van der Waals surface area contributed by atoms with Crippen LogP contribution in [0.1, 0.15) is 61.9 Å². The minimum atomic E-state index is 0.513. The van der Waals surface area contributed by atoms with Crippen molar-refractivity contribution in [3.8, 4) is 5.69 Å². The van der Waals surface area contributed by atoms with Crippen LogP contribution in [0.3, 0.4) is 0 Å². The Morgan fingerprint density at radius 2 is 1.83 bits per heavy atom. The molecule has 1 aliphatic rings. The van der Waals surface area contributed by atoms with Crippen molar-refractivity contribution in [3.05, 3.63) is 52.8 Å². The molecule has 2 aromatic heterocycles. The third kappa shape index (κ3) is 3.79. The van der Waals surface area contributed by atoms with Crippen LogP contribution in [0.15, 0.2) is 30.5 Å². The summed E-state index contributed by atoms with van der Waals surface area (Å²) < 4.78 is 2.28. The number of thiol groups is 1. The zero-order valence-corrected chi connectivity index (χ0v) is 19.3. The van der Waals surface area contributed by atoms with E-state index in [1.165, 1.54) is 46.3 Å². The molecule has 0 aliphatic carbocycles. The van der Waals surface area contributed by atoms with Gasteiger partial charge in [0, 0.05) is 41.8 Å². The third-order valence-corrected chi connectivity index (χ3v) is 6.72. The molecule has 1 saturated heterocycles. The molecule has 0 unspecified atom stereocenters. The number of aryl methyl sites for hydroxylation is 2. The van der Waals surface area contributed by atoms with Gasteiger partial charge >= 0.3 is 0 Å². The van der Waals surface area contributed by atoms with Crippen LogP contribution in [0, 0.1) is 19.8 Å². The fourth-order valence-corrected chi connectivity index (χ4v) is 4.77. The third-order valence-electron chi connectivity index (χ3n) is 6.38. The summed E-state index contributed by atoms with van der Waals surface area (Å²) in [5.41, 5.74) is 8.60. The molecule has 0 amide bonds. The molecule has 154 valence electrons. The lowest BCUT2D eigenvalue weighted by atomic mass is 9.98. The fraction of sp³-hybridized carbons (Fsp3) is 0.480. The summed E-state index contributed by atoms with van der Waals surface area (Å²) in [5.74, 6) is 2.06. The highest BCUT2D eigenvalue weighted by molar-refractivity contribution is 7.79. The molecule has 0 bridgehead atoms. The number of hydrogen-bond acceptors (Lipinski definition) is 3. The standard InChI is InChI=1S/C25H33N3S/c1-16(2)20-6-7-22(21(13-20)15-29)28-14-18(4)24-23(12-19(5)26-25(24)28)27-10-8-17(3)9-11-27/h6-7,12-14,16-17,29H,8-11,15H2,1-5H3. The number of rotatable bonds is 4.